The standard InChI is InChI=1S/C21H52N2Si2.2HI/c1-11-22(5,12-2)17-15-19-24(7,8)21-25(9,10)20-16-18-23(6,13-3)14-4;;/h11-21H2,1-10H3;2*1H/q+2;;/p-2. The summed E-state index contributed by atoms with van der Waals surface area (Å²) in [6.07, 6.45) is 2.89. The van der Waals surface area contributed by atoms with Crippen molar-refractivity contribution in [3.8, 4) is 0 Å². The molecule has 0 N–H and O–H groups in total. The van der Waals surface area contributed by atoms with E-state index in [4.69, 9.17) is 0 Å². The molecule has 168 valence electrons. The van der Waals surface area contributed by atoms with E-state index in [-0.39, 0.29) is 48.0 Å². The molecule has 0 rings (SSSR count). The summed E-state index contributed by atoms with van der Waals surface area (Å²) in [6.45, 7) is 28.0. The van der Waals surface area contributed by atoms with Crippen LogP contribution in [0.4, 0.5) is 0 Å². The Morgan fingerprint density at radius 2 is 0.815 bits per heavy atom. The lowest BCUT2D eigenvalue weighted by molar-refractivity contribution is -0.906. The molecule has 2 nitrogen and oxygen atoms in total. The highest BCUT2D eigenvalue weighted by Gasteiger charge is 2.32. The Labute approximate surface area is 209 Å². The molecule has 0 fully saturated rings. The van der Waals surface area contributed by atoms with Crippen molar-refractivity contribution in [1.29, 1.82) is 0 Å². The largest absolute Gasteiger partial charge is 1.00 e. The molecule has 0 aliphatic heterocycles. The van der Waals surface area contributed by atoms with E-state index in [1.807, 2.05) is 0 Å². The van der Waals surface area contributed by atoms with Gasteiger partial charge in [-0.1, -0.05) is 43.9 Å². The highest BCUT2D eigenvalue weighted by atomic mass is 127. The maximum Gasteiger partial charge on any atom is 0.0781 e. The molecule has 27 heavy (non-hydrogen) atoms. The summed E-state index contributed by atoms with van der Waals surface area (Å²) in [5, 5.41) is 0. The van der Waals surface area contributed by atoms with Crippen molar-refractivity contribution in [1.82, 2.24) is 0 Å². The highest BCUT2D eigenvalue weighted by molar-refractivity contribution is 6.95. The number of halogens is 2. The van der Waals surface area contributed by atoms with Crippen molar-refractivity contribution in [2.24, 2.45) is 0 Å². The minimum Gasteiger partial charge on any atom is -1.00 e. The van der Waals surface area contributed by atoms with Gasteiger partial charge in [0.2, 0.25) is 0 Å². The smallest absolute Gasteiger partial charge is 0.0781 e. The molecule has 0 aromatic carbocycles. The van der Waals surface area contributed by atoms with Gasteiger partial charge < -0.3 is 56.9 Å². The van der Waals surface area contributed by atoms with E-state index in [1.54, 1.807) is 5.67 Å². The Morgan fingerprint density at radius 3 is 1.04 bits per heavy atom. The summed E-state index contributed by atoms with van der Waals surface area (Å²) in [5.74, 6) is 0. The number of hydrogen-bond donors (Lipinski definition) is 0. The normalized spacial score (nSPS) is 13.1. The predicted molar refractivity (Wildman–Crippen MR) is 123 cm³/mol. The zero-order chi connectivity index (χ0) is 19.8. The first kappa shape index (κ1) is 33.5. The minimum atomic E-state index is -1.03. The van der Waals surface area contributed by atoms with Crippen LogP contribution < -0.4 is 48.0 Å². The van der Waals surface area contributed by atoms with Crippen LogP contribution >= 0.6 is 0 Å². The van der Waals surface area contributed by atoms with Gasteiger partial charge in [-0.05, 0) is 40.5 Å². The van der Waals surface area contributed by atoms with Crippen LogP contribution in [0.15, 0.2) is 0 Å². The highest BCUT2D eigenvalue weighted by Crippen LogP contribution is 2.29. The van der Waals surface area contributed by atoms with E-state index in [0.29, 0.717) is 0 Å². The Kier molecular flexibility index (Phi) is 18.3. The van der Waals surface area contributed by atoms with Crippen LogP contribution in [-0.4, -0.2) is 78.5 Å². The quantitative estimate of drug-likeness (QED) is 0.139. The van der Waals surface area contributed by atoms with Gasteiger partial charge in [0, 0.05) is 16.1 Å². The van der Waals surface area contributed by atoms with Gasteiger partial charge in [0.05, 0.1) is 53.4 Å². The fourth-order valence-corrected chi connectivity index (χ4v) is 18.4. The topological polar surface area (TPSA) is 0 Å². The third-order valence-electron chi connectivity index (χ3n) is 7.11. The molecular formula is C21H52I2N2Si2. The minimum absolute atomic E-state index is 0. The van der Waals surface area contributed by atoms with Gasteiger partial charge in [-0.2, -0.15) is 0 Å². The van der Waals surface area contributed by atoms with E-state index >= 15 is 0 Å². The van der Waals surface area contributed by atoms with E-state index < -0.39 is 16.1 Å². The van der Waals surface area contributed by atoms with Gasteiger partial charge in [-0.3, -0.25) is 0 Å². The van der Waals surface area contributed by atoms with Crippen molar-refractivity contribution < 1.29 is 56.9 Å². The Bertz CT molecular complexity index is 335. The molecule has 0 atom stereocenters. The van der Waals surface area contributed by atoms with Gasteiger partial charge in [-0.15, -0.1) is 0 Å². The first-order valence-corrected chi connectivity index (χ1v) is 17.9. The molecule has 6 heteroatoms. The van der Waals surface area contributed by atoms with Crippen molar-refractivity contribution in [3.05, 3.63) is 0 Å². The van der Waals surface area contributed by atoms with Crippen LogP contribution in [0.3, 0.4) is 0 Å². The van der Waals surface area contributed by atoms with Crippen LogP contribution in [0.25, 0.3) is 0 Å². The van der Waals surface area contributed by atoms with Crippen LogP contribution in [0.1, 0.15) is 40.5 Å². The predicted octanol–water partition coefficient (Wildman–Crippen LogP) is -0.297. The lowest BCUT2D eigenvalue weighted by Crippen LogP contribution is -3.00. The van der Waals surface area contributed by atoms with Crippen molar-refractivity contribution >= 4 is 16.1 Å². The maximum atomic E-state index is 2.67. The lowest BCUT2D eigenvalue weighted by Gasteiger charge is -2.36. The number of quaternary nitrogens is 2. The molecule has 0 aliphatic rings. The molecule has 0 saturated heterocycles. The fourth-order valence-electron chi connectivity index (χ4n) is 4.43. The maximum absolute atomic E-state index is 2.67. The molecule has 0 aromatic heterocycles. The van der Waals surface area contributed by atoms with Gasteiger partial charge >= 0.3 is 0 Å². The van der Waals surface area contributed by atoms with Gasteiger partial charge in [0.25, 0.3) is 0 Å². The summed E-state index contributed by atoms with van der Waals surface area (Å²) in [6, 6.07) is 3.07. The average molecular weight is 643 g/mol. The third kappa shape index (κ3) is 14.4. The van der Waals surface area contributed by atoms with Crippen molar-refractivity contribution in [3.63, 3.8) is 0 Å². The number of hydrogen-bond acceptors (Lipinski definition) is 0. The monoisotopic (exact) mass is 642 g/mol. The molecule has 0 unspecified atom stereocenters. The van der Waals surface area contributed by atoms with Crippen molar-refractivity contribution in [2.75, 3.05) is 53.4 Å². The molecule has 0 amide bonds. The van der Waals surface area contributed by atoms with E-state index in [2.05, 4.69) is 68.0 Å². The Balaban J connectivity index is -0.00000288. The fraction of sp³-hybridized carbons (Fsp3) is 1.00. The third-order valence-corrected chi connectivity index (χ3v) is 18.2. The van der Waals surface area contributed by atoms with Crippen LogP contribution in [0.2, 0.25) is 43.9 Å². The lowest BCUT2D eigenvalue weighted by atomic mass is 10.3. The first-order valence-electron chi connectivity index (χ1n) is 11.0. The van der Waals surface area contributed by atoms with Gasteiger partial charge in [0.15, 0.2) is 0 Å². The van der Waals surface area contributed by atoms with Gasteiger partial charge in [0.1, 0.15) is 0 Å². The average Bonchev–Trinajstić information content (AvgIpc) is 2.52. The van der Waals surface area contributed by atoms with Crippen molar-refractivity contribution in [2.45, 2.75) is 84.5 Å². The van der Waals surface area contributed by atoms with Crippen LogP contribution in [-0.2, 0) is 0 Å². The molecular weight excluding hydrogens is 590 g/mol. The van der Waals surface area contributed by atoms with E-state index in [1.165, 1.54) is 73.2 Å². The Hall–Kier alpha value is 1.81. The van der Waals surface area contributed by atoms with E-state index in [0.717, 1.165) is 0 Å². The number of nitrogens with zero attached hydrogens (tertiary/aromatic N) is 2. The summed E-state index contributed by atoms with van der Waals surface area (Å²) >= 11 is 0. The summed E-state index contributed by atoms with van der Waals surface area (Å²) < 4.78 is 2.52. The SMILES string of the molecule is CC[N+](C)(CC)CCC[Si](C)(C)C[Si](C)(C)CCC[N+](C)(CC)CC.[I-].[I-]. The second-order valence-corrected chi connectivity index (χ2v) is 21.7. The Morgan fingerprint density at radius 1 is 0.556 bits per heavy atom. The molecule has 0 bridgehead atoms. The molecule has 0 heterocycles. The molecule has 0 spiro atoms. The molecule has 0 radical (unpaired) electrons. The van der Waals surface area contributed by atoms with E-state index in [9.17, 15) is 0 Å². The summed E-state index contributed by atoms with van der Waals surface area (Å²) in [5.41, 5.74) is 1.63. The van der Waals surface area contributed by atoms with Gasteiger partial charge in [-0.25, -0.2) is 0 Å². The molecule has 0 saturated carbocycles. The van der Waals surface area contributed by atoms with Crippen LogP contribution in [0.5, 0.6) is 0 Å². The summed E-state index contributed by atoms with van der Waals surface area (Å²) in [7, 11) is 2.81. The zero-order valence-corrected chi connectivity index (χ0v) is 26.7. The molecule has 0 aromatic rings. The second-order valence-electron chi connectivity index (χ2n) is 10.7. The summed E-state index contributed by atoms with van der Waals surface area (Å²) in [4.78, 5) is 0. The molecule has 0 aliphatic carbocycles. The zero-order valence-electron chi connectivity index (χ0n) is 20.4. The first-order chi connectivity index (χ1) is 11.4. The second kappa shape index (κ2) is 14.8. The number of rotatable bonds is 14. The van der Waals surface area contributed by atoms with Crippen LogP contribution in [0, 0.1) is 0 Å².